The van der Waals surface area contributed by atoms with E-state index in [2.05, 4.69) is 0 Å². The van der Waals surface area contributed by atoms with Gasteiger partial charge in [-0.25, -0.2) is 0 Å². The molecule has 1 aliphatic heterocycles. The highest BCUT2D eigenvalue weighted by Gasteiger charge is 2.29. The van der Waals surface area contributed by atoms with Crippen molar-refractivity contribution < 1.29 is 19.9 Å². The number of hydrogen-bond acceptors (Lipinski definition) is 5. The second-order valence-corrected chi connectivity index (χ2v) is 6.52. The topological polar surface area (TPSA) is 107 Å². The van der Waals surface area contributed by atoms with Crippen LogP contribution in [0.15, 0.2) is 0 Å². The molecule has 0 aromatic carbocycles. The number of carboxylic acid groups (broad SMARTS) is 1. The van der Waals surface area contributed by atoms with Gasteiger partial charge < -0.3 is 20.9 Å². The Bertz CT molecular complexity index is 326. The number of unbranched alkanes of at least 4 members (excludes halogenated alkanes) is 1. The van der Waals surface area contributed by atoms with Crippen LogP contribution >= 0.6 is 0 Å². The van der Waals surface area contributed by atoms with Crippen molar-refractivity contribution in [2.75, 3.05) is 13.1 Å². The standard InChI is InChI=1S/C14H29BN2O4/c1-14(16,7-3-4-9-15(20)21)8-11-17-10-5-2-6-12(17)13(18)19/h12,20-21H,2-11,16H2,1H3,(H,18,19). The smallest absolute Gasteiger partial charge is 0.451 e. The van der Waals surface area contributed by atoms with Crippen LogP contribution in [0.4, 0.5) is 0 Å². The highest BCUT2D eigenvalue weighted by Crippen LogP contribution is 2.21. The molecule has 0 aromatic rings. The van der Waals surface area contributed by atoms with Gasteiger partial charge in [0, 0.05) is 12.1 Å². The summed E-state index contributed by atoms with van der Waals surface area (Å²) in [5.41, 5.74) is 5.94. The third-order valence-corrected chi connectivity index (χ3v) is 4.33. The lowest BCUT2D eigenvalue weighted by molar-refractivity contribution is -0.144. The van der Waals surface area contributed by atoms with Gasteiger partial charge in [-0.3, -0.25) is 9.69 Å². The van der Waals surface area contributed by atoms with E-state index in [1.54, 1.807) is 0 Å². The summed E-state index contributed by atoms with van der Waals surface area (Å²) in [5.74, 6) is -0.731. The highest BCUT2D eigenvalue weighted by molar-refractivity contribution is 6.40. The molecule has 1 saturated heterocycles. The fraction of sp³-hybridized carbons (Fsp3) is 0.929. The minimum Gasteiger partial charge on any atom is -0.480 e. The first-order valence-corrected chi connectivity index (χ1v) is 7.94. The van der Waals surface area contributed by atoms with E-state index in [9.17, 15) is 9.90 Å². The van der Waals surface area contributed by atoms with Gasteiger partial charge in [-0.1, -0.05) is 19.3 Å². The molecular weight excluding hydrogens is 271 g/mol. The zero-order valence-electron chi connectivity index (χ0n) is 13.0. The van der Waals surface area contributed by atoms with Crippen LogP contribution in [0.2, 0.25) is 6.32 Å². The fourth-order valence-corrected chi connectivity index (χ4v) is 2.92. The van der Waals surface area contributed by atoms with E-state index in [4.69, 9.17) is 15.8 Å². The van der Waals surface area contributed by atoms with Gasteiger partial charge in [0.25, 0.3) is 0 Å². The second kappa shape index (κ2) is 8.73. The molecule has 2 unspecified atom stereocenters. The number of carbonyl (C=O) groups is 1. The number of carboxylic acids is 1. The molecule has 1 aliphatic rings. The SMILES string of the molecule is CC(N)(CCCCB(O)O)CCN1CCCCC1C(=O)O. The third-order valence-electron chi connectivity index (χ3n) is 4.33. The Balaban J connectivity index is 2.32. The Kier molecular flexibility index (Phi) is 7.66. The van der Waals surface area contributed by atoms with Gasteiger partial charge in [0.2, 0.25) is 0 Å². The van der Waals surface area contributed by atoms with Crippen molar-refractivity contribution in [2.24, 2.45) is 5.73 Å². The Labute approximate surface area is 127 Å². The van der Waals surface area contributed by atoms with Crippen molar-refractivity contribution in [1.82, 2.24) is 4.90 Å². The van der Waals surface area contributed by atoms with Gasteiger partial charge in [-0.15, -0.1) is 0 Å². The molecule has 7 heteroatoms. The molecule has 0 amide bonds. The normalized spacial score (nSPS) is 22.8. The largest absolute Gasteiger partial charge is 0.480 e. The maximum atomic E-state index is 11.2. The lowest BCUT2D eigenvalue weighted by Crippen LogP contribution is -2.48. The molecule has 1 heterocycles. The van der Waals surface area contributed by atoms with Crippen LogP contribution in [0.1, 0.15) is 51.9 Å². The zero-order valence-corrected chi connectivity index (χ0v) is 13.0. The minimum atomic E-state index is -1.24. The molecule has 0 bridgehead atoms. The first-order valence-electron chi connectivity index (χ1n) is 7.94. The maximum absolute atomic E-state index is 11.2. The van der Waals surface area contributed by atoms with E-state index in [0.29, 0.717) is 12.9 Å². The molecule has 5 N–H and O–H groups in total. The van der Waals surface area contributed by atoms with Crippen LogP contribution in [-0.2, 0) is 4.79 Å². The zero-order chi connectivity index (χ0) is 15.9. The lowest BCUT2D eigenvalue weighted by atomic mass is 9.82. The van der Waals surface area contributed by atoms with Crippen LogP contribution in [-0.4, -0.2) is 57.8 Å². The predicted octanol–water partition coefficient (Wildman–Crippen LogP) is 0.676. The van der Waals surface area contributed by atoms with Crippen LogP contribution in [0.3, 0.4) is 0 Å². The van der Waals surface area contributed by atoms with Crippen molar-refractivity contribution >= 4 is 13.1 Å². The van der Waals surface area contributed by atoms with Crippen LogP contribution in [0.25, 0.3) is 0 Å². The highest BCUT2D eigenvalue weighted by atomic mass is 16.4. The summed E-state index contributed by atoms with van der Waals surface area (Å²) >= 11 is 0. The number of rotatable bonds is 9. The average Bonchev–Trinajstić information content (AvgIpc) is 2.41. The lowest BCUT2D eigenvalue weighted by Gasteiger charge is -2.35. The Morgan fingerprint density at radius 1 is 1.33 bits per heavy atom. The molecule has 0 saturated carbocycles. The molecule has 0 spiro atoms. The van der Waals surface area contributed by atoms with Gasteiger partial charge >= 0.3 is 13.1 Å². The fourth-order valence-electron chi connectivity index (χ4n) is 2.92. The summed E-state index contributed by atoms with van der Waals surface area (Å²) in [6.45, 7) is 3.54. The second-order valence-electron chi connectivity index (χ2n) is 6.52. The third kappa shape index (κ3) is 7.26. The van der Waals surface area contributed by atoms with Gasteiger partial charge in [0.05, 0.1) is 0 Å². The van der Waals surface area contributed by atoms with Crippen LogP contribution in [0.5, 0.6) is 0 Å². The monoisotopic (exact) mass is 300 g/mol. The van der Waals surface area contributed by atoms with Gasteiger partial charge in [-0.2, -0.15) is 0 Å². The number of nitrogens with zero attached hydrogens (tertiary/aromatic N) is 1. The van der Waals surface area contributed by atoms with E-state index < -0.39 is 13.1 Å². The Hall–Kier alpha value is -0.625. The van der Waals surface area contributed by atoms with Crippen LogP contribution < -0.4 is 5.73 Å². The molecule has 21 heavy (non-hydrogen) atoms. The molecule has 6 nitrogen and oxygen atoms in total. The first-order chi connectivity index (χ1) is 9.82. The summed E-state index contributed by atoms with van der Waals surface area (Å²) in [6.07, 6.45) is 6.31. The molecule has 0 radical (unpaired) electrons. The molecule has 0 aromatic heterocycles. The van der Waals surface area contributed by atoms with E-state index in [1.807, 2.05) is 11.8 Å². The summed E-state index contributed by atoms with van der Waals surface area (Å²) in [5, 5.41) is 26.8. The van der Waals surface area contributed by atoms with E-state index >= 15 is 0 Å². The summed E-state index contributed by atoms with van der Waals surface area (Å²) in [4.78, 5) is 13.3. The van der Waals surface area contributed by atoms with Crippen molar-refractivity contribution in [3.8, 4) is 0 Å². The average molecular weight is 300 g/mol. The first kappa shape index (κ1) is 18.4. The van der Waals surface area contributed by atoms with E-state index in [-0.39, 0.29) is 11.6 Å². The van der Waals surface area contributed by atoms with E-state index in [0.717, 1.165) is 51.5 Å². The predicted molar refractivity (Wildman–Crippen MR) is 82.9 cm³/mol. The molecule has 0 aliphatic carbocycles. The number of hydrogen-bond donors (Lipinski definition) is 4. The molecule has 122 valence electrons. The number of piperidine rings is 1. The number of nitrogens with two attached hydrogens (primary N) is 1. The number of aliphatic carboxylic acids is 1. The Morgan fingerprint density at radius 2 is 2.05 bits per heavy atom. The number of likely N-dealkylation sites (tertiary alicyclic amines) is 1. The van der Waals surface area contributed by atoms with Crippen molar-refractivity contribution in [2.45, 2.75) is 69.8 Å². The van der Waals surface area contributed by atoms with Gasteiger partial charge in [0.15, 0.2) is 0 Å². The minimum absolute atomic E-state index is 0.332. The maximum Gasteiger partial charge on any atom is 0.451 e. The summed E-state index contributed by atoms with van der Waals surface area (Å²) in [6, 6.07) is -0.362. The molecule has 1 fully saturated rings. The van der Waals surface area contributed by atoms with Gasteiger partial charge in [-0.05, 0) is 45.5 Å². The summed E-state index contributed by atoms with van der Waals surface area (Å²) < 4.78 is 0. The molecule has 1 rings (SSSR count). The van der Waals surface area contributed by atoms with Crippen molar-refractivity contribution in [1.29, 1.82) is 0 Å². The molecule has 2 atom stereocenters. The van der Waals surface area contributed by atoms with E-state index in [1.165, 1.54) is 0 Å². The quantitative estimate of drug-likeness (QED) is 0.368. The summed E-state index contributed by atoms with van der Waals surface area (Å²) in [7, 11) is -1.24. The van der Waals surface area contributed by atoms with Gasteiger partial charge in [0.1, 0.15) is 6.04 Å². The van der Waals surface area contributed by atoms with Crippen molar-refractivity contribution in [3.05, 3.63) is 0 Å². The van der Waals surface area contributed by atoms with Crippen molar-refractivity contribution in [3.63, 3.8) is 0 Å². The Morgan fingerprint density at radius 3 is 2.67 bits per heavy atom. The van der Waals surface area contributed by atoms with Crippen LogP contribution in [0, 0.1) is 0 Å². The molecular formula is C14H29BN2O4.